The summed E-state index contributed by atoms with van der Waals surface area (Å²) in [6, 6.07) is 10.5. The Morgan fingerprint density at radius 1 is 1.10 bits per heavy atom. The number of nitrogens with one attached hydrogen (secondary N) is 2. The third-order valence-corrected chi connectivity index (χ3v) is 7.03. The summed E-state index contributed by atoms with van der Waals surface area (Å²) in [5.41, 5.74) is 0.483. The number of halogens is 1. The number of methoxy groups -OCH3 is 1. The number of nitrogens with zero attached hydrogens (tertiary/aromatic N) is 2. The molecule has 0 saturated carbocycles. The summed E-state index contributed by atoms with van der Waals surface area (Å²) < 4.78 is 16.7. The number of amides is 2. The van der Waals surface area contributed by atoms with Crippen molar-refractivity contribution in [2.75, 3.05) is 56.6 Å². The largest absolute Gasteiger partial charge is 0.495 e. The van der Waals surface area contributed by atoms with Gasteiger partial charge in [-0.15, -0.1) is 0 Å². The summed E-state index contributed by atoms with van der Waals surface area (Å²) >= 11 is 6.20. The number of anilines is 2. The monoisotopic (exact) mass is 602 g/mol. The molecule has 1 aliphatic rings. The first-order valence-corrected chi connectivity index (χ1v) is 14.0. The first kappa shape index (κ1) is 32.7. The lowest BCUT2D eigenvalue weighted by Gasteiger charge is -2.36. The van der Waals surface area contributed by atoms with Gasteiger partial charge in [0, 0.05) is 37.7 Å². The van der Waals surface area contributed by atoms with Gasteiger partial charge >= 0.3 is 6.09 Å². The molecular weight excluding hydrogens is 564 g/mol. The predicted octanol–water partition coefficient (Wildman–Crippen LogP) is 4.23. The van der Waals surface area contributed by atoms with Gasteiger partial charge in [0.1, 0.15) is 11.4 Å². The Morgan fingerprint density at radius 3 is 2.48 bits per heavy atom. The maximum atomic E-state index is 13.1. The number of piperazine rings is 1. The summed E-state index contributed by atoms with van der Waals surface area (Å²) in [6.07, 6.45) is 0.00320. The van der Waals surface area contributed by atoms with Gasteiger partial charge in [0.2, 0.25) is 5.88 Å². The van der Waals surface area contributed by atoms with Crippen LogP contribution in [-0.2, 0) is 4.74 Å². The van der Waals surface area contributed by atoms with E-state index in [0.717, 1.165) is 50.6 Å². The molecular formula is C30H39ClN4O7. The van der Waals surface area contributed by atoms with Crippen molar-refractivity contribution < 1.29 is 29.0 Å². The number of hydrogen-bond acceptors (Lipinski definition) is 8. The van der Waals surface area contributed by atoms with Crippen LogP contribution in [0.1, 0.15) is 43.1 Å². The van der Waals surface area contributed by atoms with Crippen LogP contribution < -0.4 is 25.7 Å². The fourth-order valence-corrected chi connectivity index (χ4v) is 4.89. The molecule has 1 saturated heterocycles. The minimum absolute atomic E-state index is 0. The highest BCUT2D eigenvalue weighted by Gasteiger charge is 2.22. The summed E-state index contributed by atoms with van der Waals surface area (Å²) in [7, 11) is 1.66. The molecule has 4 N–H and O–H groups in total. The number of hydrogen-bond donors (Lipinski definition) is 2. The van der Waals surface area contributed by atoms with E-state index in [2.05, 4.69) is 20.4 Å². The second-order valence-corrected chi connectivity index (χ2v) is 11.4. The van der Waals surface area contributed by atoms with Crippen LogP contribution in [0.4, 0.5) is 16.4 Å². The first-order chi connectivity index (χ1) is 19.5. The van der Waals surface area contributed by atoms with E-state index in [4.69, 9.17) is 25.5 Å². The number of benzene rings is 2. The maximum absolute atomic E-state index is 13.1. The number of carbonyl (C=O) groups is 2. The van der Waals surface area contributed by atoms with Gasteiger partial charge in [-0.25, -0.2) is 4.79 Å². The molecule has 0 bridgehead atoms. The molecule has 2 heterocycles. The summed E-state index contributed by atoms with van der Waals surface area (Å²) in [5, 5.41) is 6.36. The number of para-hydroxylation sites is 1. The van der Waals surface area contributed by atoms with Crippen LogP contribution in [0, 0.1) is 6.92 Å². The lowest BCUT2D eigenvalue weighted by Crippen LogP contribution is -2.47. The molecule has 2 amide bonds. The minimum atomic E-state index is -0.752. The van der Waals surface area contributed by atoms with Crippen LogP contribution in [0.3, 0.4) is 0 Å². The smallest absolute Gasteiger partial charge is 0.414 e. The number of fused-ring (bicyclic) bond motifs is 1. The van der Waals surface area contributed by atoms with Gasteiger partial charge in [0.05, 0.1) is 29.3 Å². The average molecular weight is 603 g/mol. The second kappa shape index (κ2) is 13.9. The van der Waals surface area contributed by atoms with Gasteiger partial charge in [-0.05, 0) is 71.0 Å². The minimum Gasteiger partial charge on any atom is -0.495 e. The van der Waals surface area contributed by atoms with E-state index in [1.54, 1.807) is 53.0 Å². The molecule has 3 aromatic rings. The van der Waals surface area contributed by atoms with Crippen LogP contribution in [0.5, 0.6) is 5.75 Å². The van der Waals surface area contributed by atoms with Gasteiger partial charge in [-0.3, -0.25) is 19.8 Å². The molecule has 12 heteroatoms. The van der Waals surface area contributed by atoms with E-state index < -0.39 is 11.7 Å². The molecule has 0 atom stereocenters. The highest BCUT2D eigenvalue weighted by atomic mass is 35.5. The Hall–Kier alpha value is -3.80. The summed E-state index contributed by atoms with van der Waals surface area (Å²) in [5.74, 6) is 0.396. The van der Waals surface area contributed by atoms with Crippen LogP contribution in [0.2, 0.25) is 5.02 Å². The van der Waals surface area contributed by atoms with Gasteiger partial charge < -0.3 is 29.6 Å². The van der Waals surface area contributed by atoms with Crippen molar-refractivity contribution in [1.82, 2.24) is 10.2 Å². The lowest BCUT2D eigenvalue weighted by atomic mass is 10.1. The zero-order valence-electron chi connectivity index (χ0n) is 24.6. The summed E-state index contributed by atoms with van der Waals surface area (Å²) in [6.45, 7) is 11.5. The quantitative estimate of drug-likeness (QED) is 0.364. The zero-order valence-corrected chi connectivity index (χ0v) is 25.4. The Balaban J connectivity index is 0.00000484. The molecule has 0 radical (unpaired) electrons. The molecule has 4 rings (SSSR count). The highest BCUT2D eigenvalue weighted by molar-refractivity contribution is 6.31. The van der Waals surface area contributed by atoms with Crippen molar-refractivity contribution in [2.24, 2.45) is 0 Å². The Bertz CT molecular complexity index is 1480. The maximum Gasteiger partial charge on any atom is 0.414 e. The standard InChI is InChI=1S/C30H37ClN4O6.H2O/c1-19-25(36)21-8-6-9-22(26(21)40-28(19)33-29(38)41-30(2,3)4)27(37)32-12-7-13-34-14-16-35(17-15-34)23-18-20(31)10-11-24(23)39-5;/h6,8-11,18H,7,12-17H2,1-5H3,(H,32,37)(H,33,38);1H2. The van der Waals surface area contributed by atoms with E-state index in [1.165, 1.54) is 0 Å². The SMILES string of the molecule is COc1ccc(Cl)cc1N1CCN(CCCNC(=O)c2cccc3c(=O)c(C)c(NC(=O)OC(C)(C)C)oc23)CC1.O. The Kier molecular flexibility index (Phi) is 10.8. The Labute approximate surface area is 250 Å². The van der Waals surface area contributed by atoms with Crippen molar-refractivity contribution >= 4 is 46.1 Å². The van der Waals surface area contributed by atoms with Crippen LogP contribution in [0.25, 0.3) is 11.0 Å². The predicted molar refractivity (Wildman–Crippen MR) is 164 cm³/mol. The van der Waals surface area contributed by atoms with Gasteiger partial charge in [0.15, 0.2) is 11.0 Å². The fourth-order valence-electron chi connectivity index (χ4n) is 4.73. The molecule has 1 fully saturated rings. The van der Waals surface area contributed by atoms with Gasteiger partial charge in [-0.1, -0.05) is 17.7 Å². The molecule has 1 aliphatic heterocycles. The van der Waals surface area contributed by atoms with E-state index in [1.807, 2.05) is 18.2 Å². The van der Waals surface area contributed by atoms with E-state index in [9.17, 15) is 14.4 Å². The molecule has 228 valence electrons. The van der Waals surface area contributed by atoms with E-state index in [0.29, 0.717) is 11.6 Å². The third-order valence-electron chi connectivity index (χ3n) is 6.79. The second-order valence-electron chi connectivity index (χ2n) is 10.9. The average Bonchev–Trinajstić information content (AvgIpc) is 2.93. The van der Waals surface area contributed by atoms with Crippen LogP contribution in [-0.4, -0.2) is 74.4 Å². The zero-order chi connectivity index (χ0) is 29.7. The number of carbonyl (C=O) groups excluding carboxylic acids is 2. The van der Waals surface area contributed by atoms with Crippen LogP contribution in [0.15, 0.2) is 45.6 Å². The van der Waals surface area contributed by atoms with E-state index >= 15 is 0 Å². The Morgan fingerprint density at radius 2 is 1.81 bits per heavy atom. The van der Waals surface area contributed by atoms with Crippen molar-refractivity contribution in [3.05, 3.63) is 62.8 Å². The lowest BCUT2D eigenvalue weighted by molar-refractivity contribution is 0.0632. The van der Waals surface area contributed by atoms with Crippen molar-refractivity contribution in [1.29, 1.82) is 0 Å². The topological polar surface area (TPSA) is 145 Å². The van der Waals surface area contributed by atoms with Gasteiger partial charge in [-0.2, -0.15) is 0 Å². The molecule has 0 spiro atoms. The third kappa shape index (κ3) is 7.93. The molecule has 42 heavy (non-hydrogen) atoms. The highest BCUT2D eigenvalue weighted by Crippen LogP contribution is 2.32. The van der Waals surface area contributed by atoms with Crippen molar-refractivity contribution in [3.63, 3.8) is 0 Å². The van der Waals surface area contributed by atoms with Gasteiger partial charge in [0.25, 0.3) is 5.91 Å². The first-order valence-electron chi connectivity index (χ1n) is 13.6. The molecule has 0 unspecified atom stereocenters. The summed E-state index contributed by atoms with van der Waals surface area (Å²) in [4.78, 5) is 43.0. The number of rotatable bonds is 8. The van der Waals surface area contributed by atoms with Crippen molar-refractivity contribution in [3.8, 4) is 5.75 Å². The normalized spacial score (nSPS) is 13.8. The van der Waals surface area contributed by atoms with E-state index in [-0.39, 0.29) is 44.8 Å². The van der Waals surface area contributed by atoms with Crippen LogP contribution >= 0.6 is 11.6 Å². The van der Waals surface area contributed by atoms with Crippen molar-refractivity contribution in [2.45, 2.75) is 39.7 Å². The molecule has 11 nitrogen and oxygen atoms in total. The fraction of sp³-hybridized carbons (Fsp3) is 0.433. The molecule has 1 aromatic heterocycles. The molecule has 0 aliphatic carbocycles. The number of ether oxygens (including phenoxy) is 2. The molecule has 2 aromatic carbocycles.